The predicted molar refractivity (Wildman–Crippen MR) is 61.1 cm³/mol. The van der Waals surface area contributed by atoms with Gasteiger partial charge in [0.1, 0.15) is 5.69 Å². The number of rotatable bonds is 3. The molecule has 1 aromatic rings. The number of carbonyl (C=O) groups is 1. The molecule has 0 aliphatic heterocycles. The smallest absolute Gasteiger partial charge is 0.270 e. The van der Waals surface area contributed by atoms with Crippen LogP contribution in [0.5, 0.6) is 0 Å². The van der Waals surface area contributed by atoms with E-state index >= 15 is 0 Å². The molecule has 0 spiro atoms. The van der Waals surface area contributed by atoms with E-state index in [1.165, 1.54) is 6.20 Å². The molecule has 1 amide bonds. The Kier molecular flexibility index (Phi) is 3.10. The van der Waals surface area contributed by atoms with Crippen LogP contribution in [0, 0.1) is 0 Å². The van der Waals surface area contributed by atoms with Crippen molar-refractivity contribution in [3.8, 4) is 0 Å². The van der Waals surface area contributed by atoms with Crippen LogP contribution in [0.25, 0.3) is 0 Å². The molecule has 0 fully saturated rings. The summed E-state index contributed by atoms with van der Waals surface area (Å²) >= 11 is 0. The van der Waals surface area contributed by atoms with Crippen LogP contribution in [0.2, 0.25) is 0 Å². The van der Waals surface area contributed by atoms with Gasteiger partial charge in [0.15, 0.2) is 0 Å². The highest BCUT2D eigenvalue weighted by atomic mass is 16.3. The van der Waals surface area contributed by atoms with Gasteiger partial charge in [-0.15, -0.1) is 0 Å². The number of nitrogens with one attached hydrogen (secondary N) is 1. The van der Waals surface area contributed by atoms with Crippen LogP contribution in [0.15, 0.2) is 12.5 Å². The Balaban J connectivity index is 2.84. The van der Waals surface area contributed by atoms with Crippen molar-refractivity contribution < 1.29 is 9.90 Å². The third kappa shape index (κ3) is 2.41. The lowest BCUT2D eigenvalue weighted by Crippen LogP contribution is -2.57. The summed E-state index contributed by atoms with van der Waals surface area (Å²) in [5, 5.41) is 12.7. The normalized spacial score (nSPS) is 12.6. The van der Waals surface area contributed by atoms with E-state index in [1.54, 1.807) is 45.6 Å². The minimum absolute atomic E-state index is 0.243. The first-order valence-corrected chi connectivity index (χ1v) is 5.16. The van der Waals surface area contributed by atoms with Gasteiger partial charge in [-0.1, -0.05) is 0 Å². The Labute approximate surface area is 95.5 Å². The number of hydrogen-bond acceptors (Lipinski definition) is 3. The highest BCUT2D eigenvalue weighted by molar-refractivity contribution is 5.92. The Morgan fingerprint density at radius 3 is 2.38 bits per heavy atom. The molecule has 16 heavy (non-hydrogen) atoms. The molecule has 0 unspecified atom stereocenters. The fourth-order valence-corrected chi connectivity index (χ4v) is 1.08. The van der Waals surface area contributed by atoms with E-state index in [0.29, 0.717) is 5.69 Å². The van der Waals surface area contributed by atoms with Gasteiger partial charge in [0.25, 0.3) is 5.91 Å². The highest BCUT2D eigenvalue weighted by Crippen LogP contribution is 2.20. The monoisotopic (exact) mass is 225 g/mol. The van der Waals surface area contributed by atoms with E-state index in [-0.39, 0.29) is 5.91 Å². The van der Waals surface area contributed by atoms with Gasteiger partial charge in [-0.05, 0) is 27.7 Å². The molecule has 5 nitrogen and oxygen atoms in total. The van der Waals surface area contributed by atoms with Gasteiger partial charge in [-0.2, -0.15) is 0 Å². The van der Waals surface area contributed by atoms with Gasteiger partial charge in [0.05, 0.1) is 23.7 Å². The summed E-state index contributed by atoms with van der Waals surface area (Å²) < 4.78 is 1.63. The van der Waals surface area contributed by atoms with Crippen molar-refractivity contribution in [3.63, 3.8) is 0 Å². The van der Waals surface area contributed by atoms with E-state index in [9.17, 15) is 9.90 Å². The minimum Gasteiger partial charge on any atom is -0.388 e. The first kappa shape index (κ1) is 12.7. The number of aromatic nitrogens is 2. The molecular formula is C11H19N3O2. The second-order valence-corrected chi connectivity index (χ2v) is 5.03. The summed E-state index contributed by atoms with van der Waals surface area (Å²) in [6.45, 7) is 6.88. The first-order chi connectivity index (χ1) is 7.15. The fourth-order valence-electron chi connectivity index (χ4n) is 1.08. The number of aliphatic hydroxyl groups is 1. The number of carbonyl (C=O) groups excluding carboxylic acids is 1. The molecule has 0 saturated heterocycles. The summed E-state index contributed by atoms with van der Waals surface area (Å²) in [4.78, 5) is 15.8. The first-order valence-electron chi connectivity index (χ1n) is 5.16. The van der Waals surface area contributed by atoms with Gasteiger partial charge in [-0.25, -0.2) is 4.98 Å². The van der Waals surface area contributed by atoms with E-state index < -0.39 is 11.1 Å². The van der Waals surface area contributed by atoms with E-state index in [4.69, 9.17) is 0 Å². The molecule has 2 N–H and O–H groups in total. The zero-order valence-electron chi connectivity index (χ0n) is 10.4. The summed E-state index contributed by atoms with van der Waals surface area (Å²) in [6, 6.07) is 0. The molecule has 0 aromatic carbocycles. The van der Waals surface area contributed by atoms with Crippen molar-refractivity contribution >= 4 is 5.91 Å². The summed E-state index contributed by atoms with van der Waals surface area (Å²) in [7, 11) is 1.75. The summed E-state index contributed by atoms with van der Waals surface area (Å²) in [6.07, 6.45) is 3.06. The molecule has 1 aromatic heterocycles. The van der Waals surface area contributed by atoms with Crippen LogP contribution in [0.3, 0.4) is 0 Å². The molecule has 0 radical (unpaired) electrons. The van der Waals surface area contributed by atoms with Crippen LogP contribution in [0.1, 0.15) is 38.2 Å². The van der Waals surface area contributed by atoms with Gasteiger partial charge in [0.2, 0.25) is 0 Å². The maximum atomic E-state index is 11.9. The molecule has 0 atom stereocenters. The molecule has 1 heterocycles. The second kappa shape index (κ2) is 3.90. The highest BCUT2D eigenvalue weighted by Gasteiger charge is 2.36. The quantitative estimate of drug-likeness (QED) is 0.795. The lowest BCUT2D eigenvalue weighted by molar-refractivity contribution is -0.00308. The van der Waals surface area contributed by atoms with Crippen molar-refractivity contribution in [2.75, 3.05) is 0 Å². The van der Waals surface area contributed by atoms with Crippen molar-refractivity contribution in [2.45, 2.75) is 38.8 Å². The molecule has 0 bridgehead atoms. The molecule has 0 saturated carbocycles. The number of hydrogen-bond donors (Lipinski definition) is 2. The Morgan fingerprint density at radius 1 is 1.44 bits per heavy atom. The average molecular weight is 225 g/mol. The number of aryl methyl sites for hydroxylation is 1. The maximum Gasteiger partial charge on any atom is 0.270 e. The molecule has 90 valence electrons. The van der Waals surface area contributed by atoms with E-state index in [0.717, 1.165) is 0 Å². The Morgan fingerprint density at radius 2 is 2.00 bits per heavy atom. The van der Waals surface area contributed by atoms with Crippen molar-refractivity contribution in [1.29, 1.82) is 0 Å². The SMILES string of the molecule is Cn1cncc1C(=O)NC(C)(C)C(C)(C)O. The zero-order valence-corrected chi connectivity index (χ0v) is 10.4. The number of imidazole rings is 1. The fraction of sp³-hybridized carbons (Fsp3) is 0.636. The van der Waals surface area contributed by atoms with Gasteiger partial charge >= 0.3 is 0 Å². The maximum absolute atomic E-state index is 11.9. The van der Waals surface area contributed by atoms with Gasteiger partial charge in [0, 0.05) is 7.05 Å². The lowest BCUT2D eigenvalue weighted by atomic mass is 9.86. The second-order valence-electron chi connectivity index (χ2n) is 5.03. The molecule has 1 rings (SSSR count). The van der Waals surface area contributed by atoms with Crippen LogP contribution in [-0.2, 0) is 7.05 Å². The lowest BCUT2D eigenvalue weighted by Gasteiger charge is -2.37. The molecule has 5 heteroatoms. The van der Waals surface area contributed by atoms with E-state index in [2.05, 4.69) is 10.3 Å². The zero-order chi connectivity index (χ0) is 12.6. The standard InChI is InChI=1S/C11H19N3O2/c1-10(2,11(3,4)16)13-9(15)8-6-12-7-14(8)5/h6-7,16H,1-5H3,(H,13,15). The van der Waals surface area contributed by atoms with Crippen molar-refractivity contribution in [3.05, 3.63) is 18.2 Å². The van der Waals surface area contributed by atoms with E-state index in [1.807, 2.05) is 0 Å². The molecular weight excluding hydrogens is 206 g/mol. The Hall–Kier alpha value is -1.36. The largest absolute Gasteiger partial charge is 0.388 e. The van der Waals surface area contributed by atoms with Crippen molar-refractivity contribution in [1.82, 2.24) is 14.9 Å². The number of amides is 1. The van der Waals surface area contributed by atoms with Crippen LogP contribution >= 0.6 is 0 Å². The van der Waals surface area contributed by atoms with Crippen molar-refractivity contribution in [2.24, 2.45) is 7.05 Å². The summed E-state index contributed by atoms with van der Waals surface area (Å²) in [5.74, 6) is -0.243. The minimum atomic E-state index is -0.999. The van der Waals surface area contributed by atoms with Crippen LogP contribution in [0.4, 0.5) is 0 Å². The Bertz CT molecular complexity index is 388. The van der Waals surface area contributed by atoms with Gasteiger partial charge < -0.3 is 15.0 Å². The predicted octanol–water partition coefficient (Wildman–Crippen LogP) is 0.699. The third-order valence-corrected chi connectivity index (χ3v) is 3.00. The topological polar surface area (TPSA) is 67.2 Å². The number of nitrogens with zero attached hydrogens (tertiary/aromatic N) is 2. The average Bonchev–Trinajstić information content (AvgIpc) is 2.48. The van der Waals surface area contributed by atoms with Gasteiger partial charge in [-0.3, -0.25) is 4.79 Å². The third-order valence-electron chi connectivity index (χ3n) is 3.00. The molecule has 0 aliphatic rings. The van der Waals surface area contributed by atoms with Crippen LogP contribution in [-0.4, -0.2) is 31.7 Å². The molecule has 0 aliphatic carbocycles. The summed E-state index contributed by atoms with van der Waals surface area (Å²) in [5.41, 5.74) is -1.24. The van der Waals surface area contributed by atoms with Crippen LogP contribution < -0.4 is 5.32 Å².